The van der Waals surface area contributed by atoms with Crippen molar-refractivity contribution in [1.29, 1.82) is 0 Å². The molecule has 31 heavy (non-hydrogen) atoms. The number of anilines is 2. The molecule has 1 atom stereocenters. The number of carbonyl (C=O) groups excluding carboxylic acids is 2. The van der Waals surface area contributed by atoms with Gasteiger partial charge in [-0.15, -0.1) is 0 Å². The third kappa shape index (κ3) is 5.53. The average Bonchev–Trinajstić information content (AvgIpc) is 2.76. The Bertz CT molecular complexity index is 1090. The number of pyridine rings is 1. The highest BCUT2D eigenvalue weighted by Gasteiger charge is 2.26. The Morgan fingerprint density at radius 3 is 2.55 bits per heavy atom. The molecule has 0 bridgehead atoms. The Labute approximate surface area is 181 Å². The van der Waals surface area contributed by atoms with Crippen LogP contribution in [0.3, 0.4) is 0 Å². The first-order valence-corrected chi connectivity index (χ1v) is 10.4. The van der Waals surface area contributed by atoms with E-state index in [4.69, 9.17) is 5.73 Å². The number of benzene rings is 1. The van der Waals surface area contributed by atoms with E-state index in [-0.39, 0.29) is 17.6 Å². The minimum atomic E-state index is -0.449. The highest BCUT2D eigenvalue weighted by molar-refractivity contribution is 6.10. The number of nitrogen functional groups attached to an aromatic ring is 1. The predicted octanol–water partition coefficient (Wildman–Crippen LogP) is 3.33. The number of nitrogens with one attached hydrogen (secondary N) is 2. The van der Waals surface area contributed by atoms with Gasteiger partial charge in [-0.25, -0.2) is 9.97 Å². The maximum Gasteiger partial charge on any atom is 0.222 e. The topological polar surface area (TPSA) is 123 Å². The highest BCUT2D eigenvalue weighted by Crippen LogP contribution is 2.26. The van der Waals surface area contributed by atoms with Gasteiger partial charge in [-0.2, -0.15) is 4.98 Å². The van der Waals surface area contributed by atoms with Crippen LogP contribution in [0, 0.1) is 0 Å². The Kier molecular flexibility index (Phi) is 6.79. The molecule has 3 rings (SSSR count). The molecule has 0 saturated carbocycles. The van der Waals surface area contributed by atoms with Gasteiger partial charge in [-0.3, -0.25) is 9.59 Å². The van der Waals surface area contributed by atoms with Crippen LogP contribution in [0.5, 0.6) is 0 Å². The van der Waals surface area contributed by atoms with E-state index in [2.05, 4.69) is 32.5 Å². The van der Waals surface area contributed by atoms with Gasteiger partial charge in [-0.1, -0.05) is 50.1 Å². The standard InChI is InChI=1S/C23H28N6O2/c1-4-5-11-23(3,14-26-15(2)30)29-21-19-18(27-22(24)28-21)12-17(13-25-19)20(31)16-9-7-6-8-10-16/h6-10,12-13H,4-5,11,14H2,1-3H3,(H,26,30)(H3,24,27,28,29)/t23-/m1/s1. The molecule has 8 nitrogen and oxygen atoms in total. The van der Waals surface area contributed by atoms with E-state index < -0.39 is 5.54 Å². The highest BCUT2D eigenvalue weighted by atomic mass is 16.1. The maximum atomic E-state index is 12.8. The second-order valence-corrected chi connectivity index (χ2v) is 7.92. The minimum Gasteiger partial charge on any atom is -0.368 e. The normalized spacial score (nSPS) is 12.9. The van der Waals surface area contributed by atoms with Crippen molar-refractivity contribution in [1.82, 2.24) is 20.3 Å². The van der Waals surface area contributed by atoms with Crippen molar-refractivity contribution >= 4 is 34.5 Å². The Balaban J connectivity index is 1.96. The molecule has 2 heterocycles. The van der Waals surface area contributed by atoms with E-state index in [9.17, 15) is 9.59 Å². The smallest absolute Gasteiger partial charge is 0.222 e. The average molecular weight is 421 g/mol. The van der Waals surface area contributed by atoms with E-state index >= 15 is 0 Å². The zero-order chi connectivity index (χ0) is 22.4. The maximum absolute atomic E-state index is 12.8. The lowest BCUT2D eigenvalue weighted by molar-refractivity contribution is -0.119. The van der Waals surface area contributed by atoms with Gasteiger partial charge >= 0.3 is 0 Å². The van der Waals surface area contributed by atoms with Crippen LogP contribution in [0.4, 0.5) is 11.8 Å². The number of aromatic nitrogens is 3. The Hall–Kier alpha value is -3.55. The van der Waals surface area contributed by atoms with Gasteiger partial charge in [0, 0.05) is 30.8 Å². The van der Waals surface area contributed by atoms with Crippen LogP contribution >= 0.6 is 0 Å². The summed E-state index contributed by atoms with van der Waals surface area (Å²) in [6, 6.07) is 10.7. The number of nitrogens with two attached hydrogens (primary N) is 1. The van der Waals surface area contributed by atoms with Crippen molar-refractivity contribution in [2.45, 2.75) is 45.6 Å². The van der Waals surface area contributed by atoms with Crippen molar-refractivity contribution in [3.05, 3.63) is 53.7 Å². The van der Waals surface area contributed by atoms with Gasteiger partial charge in [0.15, 0.2) is 11.6 Å². The van der Waals surface area contributed by atoms with Crippen LogP contribution in [0.25, 0.3) is 11.0 Å². The number of amides is 1. The molecule has 1 aromatic carbocycles. The molecule has 3 aromatic rings. The molecule has 0 fully saturated rings. The van der Waals surface area contributed by atoms with E-state index in [0.717, 1.165) is 19.3 Å². The quantitative estimate of drug-likeness (QED) is 0.454. The lowest BCUT2D eigenvalue weighted by Crippen LogP contribution is -2.46. The number of hydrogen-bond donors (Lipinski definition) is 3. The molecule has 4 N–H and O–H groups in total. The van der Waals surface area contributed by atoms with Gasteiger partial charge in [0.25, 0.3) is 0 Å². The van der Waals surface area contributed by atoms with Crippen molar-refractivity contribution in [3.8, 4) is 0 Å². The summed E-state index contributed by atoms with van der Waals surface area (Å²) in [5, 5.41) is 6.30. The van der Waals surface area contributed by atoms with Crippen LogP contribution in [0.2, 0.25) is 0 Å². The molecule has 0 spiro atoms. The van der Waals surface area contributed by atoms with Gasteiger partial charge in [0.1, 0.15) is 5.52 Å². The zero-order valence-electron chi connectivity index (χ0n) is 18.1. The third-order valence-electron chi connectivity index (χ3n) is 5.08. The van der Waals surface area contributed by atoms with Gasteiger partial charge in [0.2, 0.25) is 11.9 Å². The largest absolute Gasteiger partial charge is 0.368 e. The van der Waals surface area contributed by atoms with Crippen molar-refractivity contribution in [2.75, 3.05) is 17.6 Å². The third-order valence-corrected chi connectivity index (χ3v) is 5.08. The second-order valence-electron chi connectivity index (χ2n) is 7.92. The summed E-state index contributed by atoms with van der Waals surface area (Å²) in [6.45, 7) is 6.06. The molecule has 162 valence electrons. The fourth-order valence-electron chi connectivity index (χ4n) is 3.37. The fraction of sp³-hybridized carbons (Fsp3) is 0.348. The summed E-state index contributed by atoms with van der Waals surface area (Å²) >= 11 is 0. The van der Waals surface area contributed by atoms with Crippen LogP contribution in [0.15, 0.2) is 42.6 Å². The molecular formula is C23H28N6O2. The summed E-state index contributed by atoms with van der Waals surface area (Å²) in [4.78, 5) is 37.4. The zero-order valence-corrected chi connectivity index (χ0v) is 18.1. The van der Waals surface area contributed by atoms with E-state index in [0.29, 0.717) is 34.5 Å². The van der Waals surface area contributed by atoms with Crippen molar-refractivity contribution in [2.24, 2.45) is 0 Å². The summed E-state index contributed by atoms with van der Waals surface area (Å²) in [5.74, 6) is 0.322. The van der Waals surface area contributed by atoms with Crippen LogP contribution in [-0.4, -0.2) is 38.7 Å². The lowest BCUT2D eigenvalue weighted by Gasteiger charge is -2.32. The molecule has 0 aliphatic rings. The first kappa shape index (κ1) is 22.1. The van der Waals surface area contributed by atoms with Gasteiger partial charge in [-0.05, 0) is 19.4 Å². The molecule has 0 saturated heterocycles. The Morgan fingerprint density at radius 1 is 1.13 bits per heavy atom. The molecule has 2 aromatic heterocycles. The number of rotatable bonds is 9. The first-order chi connectivity index (χ1) is 14.8. The van der Waals surface area contributed by atoms with Gasteiger partial charge in [0.05, 0.1) is 11.1 Å². The lowest BCUT2D eigenvalue weighted by atomic mass is 9.94. The summed E-state index contributed by atoms with van der Waals surface area (Å²) in [6.07, 6.45) is 4.34. The number of hydrogen-bond acceptors (Lipinski definition) is 7. The summed E-state index contributed by atoms with van der Waals surface area (Å²) < 4.78 is 0. The molecule has 0 aliphatic heterocycles. The van der Waals surface area contributed by atoms with E-state index in [1.807, 2.05) is 25.1 Å². The molecule has 1 amide bonds. The number of nitrogens with zero attached hydrogens (tertiary/aromatic N) is 3. The number of fused-ring (bicyclic) bond motifs is 1. The molecular weight excluding hydrogens is 392 g/mol. The SMILES string of the molecule is CCCC[C@](C)(CNC(C)=O)Nc1nc(N)nc2cc(C(=O)c3ccccc3)cnc12. The van der Waals surface area contributed by atoms with Crippen molar-refractivity contribution < 1.29 is 9.59 Å². The number of carbonyl (C=O) groups is 2. The monoisotopic (exact) mass is 420 g/mol. The second kappa shape index (κ2) is 9.51. The molecule has 0 unspecified atom stereocenters. The predicted molar refractivity (Wildman–Crippen MR) is 122 cm³/mol. The summed E-state index contributed by atoms with van der Waals surface area (Å²) in [7, 11) is 0. The van der Waals surface area contributed by atoms with Crippen LogP contribution < -0.4 is 16.4 Å². The minimum absolute atomic E-state index is 0.0819. The molecule has 0 radical (unpaired) electrons. The van der Waals surface area contributed by atoms with Crippen LogP contribution in [-0.2, 0) is 4.79 Å². The van der Waals surface area contributed by atoms with Crippen LogP contribution in [0.1, 0.15) is 56.0 Å². The van der Waals surface area contributed by atoms with E-state index in [1.54, 1.807) is 18.2 Å². The number of ketones is 1. The van der Waals surface area contributed by atoms with Gasteiger partial charge < -0.3 is 16.4 Å². The number of unbranched alkanes of at least 4 members (excludes halogenated alkanes) is 1. The molecule has 0 aliphatic carbocycles. The van der Waals surface area contributed by atoms with Crippen molar-refractivity contribution in [3.63, 3.8) is 0 Å². The summed E-state index contributed by atoms with van der Waals surface area (Å²) in [5.41, 5.74) is 7.51. The fourth-order valence-corrected chi connectivity index (χ4v) is 3.37. The molecule has 8 heteroatoms. The Morgan fingerprint density at radius 2 is 1.87 bits per heavy atom. The first-order valence-electron chi connectivity index (χ1n) is 10.4. The van der Waals surface area contributed by atoms with E-state index in [1.165, 1.54) is 13.1 Å².